The van der Waals surface area contributed by atoms with Crippen molar-refractivity contribution in [2.75, 3.05) is 189 Å². The van der Waals surface area contributed by atoms with Crippen molar-refractivity contribution < 1.29 is 134 Å². The number of aromatic amines is 6. The molecular formula is C102H132N36O6. The highest BCUT2D eigenvalue weighted by Gasteiger charge is 2.41. The second-order valence-corrected chi connectivity index (χ2v) is 30.2. The van der Waals surface area contributed by atoms with Gasteiger partial charge in [0.25, 0.3) is 39.3 Å². The normalized spacial score (nSPS) is 38.2. The highest BCUT2D eigenvalue weighted by Crippen LogP contribution is 2.38. The zero-order valence-corrected chi connectivity index (χ0v) is 76.6. The van der Waals surface area contributed by atoms with E-state index in [0.29, 0.717) is 9.80 Å². The molecule has 6 N–H and O–H groups in total. The third kappa shape index (κ3) is 24.5. The molecule has 0 bridgehead atoms. The van der Waals surface area contributed by atoms with Crippen molar-refractivity contribution in [2.45, 2.75) is 157 Å². The number of nitrogens with zero attached hydrogens (tertiary/aromatic N) is 30. The van der Waals surface area contributed by atoms with Crippen LogP contribution in [0.3, 0.4) is 0 Å². The summed E-state index contributed by atoms with van der Waals surface area (Å²) in [6, 6.07) is -19.2. The molecule has 0 spiro atoms. The van der Waals surface area contributed by atoms with E-state index in [1.807, 2.05) is 0 Å². The number of hydrogen-bond acceptors (Lipinski definition) is 24. The van der Waals surface area contributed by atoms with E-state index in [4.69, 9.17) is 142 Å². The zero-order valence-electron chi connectivity index (χ0n) is 154. The molecule has 0 aromatic carbocycles. The Morgan fingerprint density at radius 3 is 0.854 bits per heavy atom. The first-order valence-electron chi connectivity index (χ1n) is 79.9. The Balaban J connectivity index is 0.000000211. The summed E-state index contributed by atoms with van der Waals surface area (Å²) in [4.78, 5) is 155. The molecule has 42 nitrogen and oxygen atoms in total. The van der Waals surface area contributed by atoms with E-state index in [2.05, 4.69) is 119 Å². The minimum atomic E-state index is -4.00. The summed E-state index contributed by atoms with van der Waals surface area (Å²) in [7, 11) is 0.872. The van der Waals surface area contributed by atoms with Crippen molar-refractivity contribution in [1.29, 1.82) is 0 Å². The molecular weight excluding hydrogens is 1830 g/mol. The SMILES string of the molecule is [2H]c1nc(N(C([2H])([2H])[2H])[C@]2([2H])[C@H](C)C([2H])([2H])C([2H])([2H])N(C(=O)C[N+]#[C-])C2([2H])[2H])c2c([2H])c(C)[nH]c2n1.[2H]c1nc(N(C)[C@@]2([2H])C([2H])([2H])N(C(=O)C[N+]#[C-])C([2H])([2H])C([2H])([2H])[C@@]2([2H])C([2H])([2H])[2H])c2c([2H])c(C)[nH]c2n1.[2H]c1nc(N([C@@H]2[C@H](C([2H])([2H])[2H])C([2H])([2H])C([2H])([2H])N(C(=O)C[N+]#[C-])C2([2H])[2H])C([2H])([2H])[2H])c2c([2H])c(C)[nH]c2n1.[2H]c1nc(N([C@@H]2[C@H](C)C([2H])([2H])C([2H])([2H])N(C(=O)C[N+]#[C-])C2([2H])[2H])C([2H])([2H])[2H])c2c([2H])c(C)[nH]c2n1.[2H]c1nc(N([C@H]2C([2H])([2H])N(C(=O)C[N+]#[C-])C([2H])([2H])C([2H])([2H])[C@@]2([2H])C([2H])([2H])[2H])C([2H])([2H])[2H])c2c([2H])c(C)[nH]c2n1.[2H]c1nc(N([C@H]2C([2H])([2H])N(C(=O)C[N+]#[C-])C([2H])([2H])C([2H])([2H])[C@@]2([2H])C)C([2H])([2H])[2H])c2c([2H])c(C)[nH]c2n1. The van der Waals surface area contributed by atoms with Crippen LogP contribution >= 0.6 is 0 Å². The first-order chi connectivity index (χ1) is 99.1. The number of carbonyl (C=O) groups is 6. The number of amides is 6. The third-order valence-corrected chi connectivity index (χ3v) is 19.9. The number of aromatic nitrogens is 18. The van der Waals surface area contributed by atoms with Gasteiger partial charge in [-0.3, -0.25) is 28.8 Å². The van der Waals surface area contributed by atoms with Gasteiger partial charge >= 0.3 is 35.4 Å². The summed E-state index contributed by atoms with van der Waals surface area (Å²) >= 11 is 0. The lowest BCUT2D eigenvalue weighted by atomic mass is 9.92. The summed E-state index contributed by atoms with van der Waals surface area (Å²) in [6.45, 7) is -24.9. The summed E-state index contributed by atoms with van der Waals surface area (Å²) in [5.41, 5.74) is 0.137. The number of H-pyrrole nitrogens is 6. The number of likely N-dealkylation sites (tertiary alicyclic amines) is 6. The van der Waals surface area contributed by atoms with Crippen molar-refractivity contribution in [2.24, 2.45) is 35.4 Å². The number of aryl methyl sites for hydroxylation is 6. The molecule has 12 aromatic rings. The van der Waals surface area contributed by atoms with E-state index in [1.165, 1.54) is 41.5 Å². The lowest BCUT2D eigenvalue weighted by molar-refractivity contribution is -0.131. The first-order valence-corrected chi connectivity index (χ1v) is 41.4. The second-order valence-electron chi connectivity index (χ2n) is 30.2. The molecule has 0 saturated carbocycles. The quantitative estimate of drug-likeness (QED) is 0.0435. The van der Waals surface area contributed by atoms with Gasteiger partial charge in [-0.05, 0) is 151 Å². The predicted octanol–water partition coefficient (Wildman–Crippen LogP) is 11.2. The Morgan fingerprint density at radius 1 is 0.319 bits per heavy atom. The van der Waals surface area contributed by atoms with Crippen LogP contribution in [0.15, 0.2) is 74.1 Å². The molecule has 0 unspecified atom stereocenters. The molecule has 6 fully saturated rings. The number of anilines is 6. The molecule has 6 aliphatic heterocycles. The molecule has 18 rings (SSSR count). The van der Waals surface area contributed by atoms with Gasteiger partial charge in [-0.1, -0.05) is 41.3 Å². The van der Waals surface area contributed by atoms with Gasteiger partial charge in [0.1, 0.15) is 115 Å². The molecule has 12 atom stereocenters. The molecule has 12 aromatic heterocycles. The van der Waals surface area contributed by atoms with Gasteiger partial charge in [0.05, 0.1) is 95.9 Å². The fourth-order valence-corrected chi connectivity index (χ4v) is 13.2. The van der Waals surface area contributed by atoms with Gasteiger partial charge in [-0.2, -0.15) is 0 Å². The van der Waals surface area contributed by atoms with Gasteiger partial charge in [-0.25, -0.2) is 99.2 Å². The molecule has 6 saturated heterocycles. The fraction of sp³-hybridized carbons (Fsp3) is 0.529. The van der Waals surface area contributed by atoms with E-state index in [1.54, 1.807) is 0 Å². The maximum atomic E-state index is 12.9. The minimum Gasteiger partial charge on any atom is -0.354 e. The maximum absolute atomic E-state index is 12.9. The smallest absolute Gasteiger partial charge is 0.302 e. The summed E-state index contributed by atoms with van der Waals surface area (Å²) in [6.07, 6.45) is -25.7. The average molecular weight is 2040 g/mol. The number of rotatable bonds is 18. The van der Waals surface area contributed by atoms with Crippen LogP contribution in [0, 0.1) is 116 Å². The van der Waals surface area contributed by atoms with E-state index < -0.39 is 402 Å². The standard InChI is InChI=1S/6C17H22N6O/c6*1-11-5-6-23(15(24)8-18-3)9-14(11)22(4)17-13-7-12(2)21-16(13)19-10-20-17/h6*7,10-11,14H,5-6,8-9H2,1-2,4H3,(H,19,20,21)/t6*11-,14+/m111111/s1/i1D3,5D2,6D2,7D,9D2,10D,11D,14D;1D3,4D3,5D2,6D2,7D,9D2,10D,11D;4D3,5D2,6D2,7D,9D2,10D,14D;4D3,5D2,6D2,7D,9D2,10D,11D;1D3,4D3,5D2,6D2,7D,9D2,10D;4D3,5D2,6D2,7D,9D2,10D. The average Bonchev–Trinajstić information content (AvgIpc) is 0.902. The number of hydrogen-bond donors (Lipinski definition) is 6. The van der Waals surface area contributed by atoms with Crippen LogP contribution in [0.25, 0.3) is 95.3 Å². The Kier molecular flexibility index (Phi) is 14.6. The van der Waals surface area contributed by atoms with Crippen LogP contribution in [0.1, 0.15) is 219 Å². The van der Waals surface area contributed by atoms with Crippen LogP contribution in [0.2, 0.25) is 0 Å². The van der Waals surface area contributed by atoms with Crippen molar-refractivity contribution in [3.8, 4) is 0 Å². The number of likely N-dealkylation sites (N-methyl/N-ethyl adjacent to an activating group) is 6. The number of nitrogens with one attached hydrogen (secondary N) is 6. The minimum absolute atomic E-state index is 0.0502. The number of fused-ring (bicyclic) bond motifs is 6. The third-order valence-electron chi connectivity index (χ3n) is 19.9. The van der Waals surface area contributed by atoms with E-state index >= 15 is 0 Å². The lowest BCUT2D eigenvalue weighted by Crippen LogP contribution is -2.53. The van der Waals surface area contributed by atoms with Gasteiger partial charge in [0.2, 0.25) is 0 Å². The van der Waals surface area contributed by atoms with Crippen LogP contribution in [0.5, 0.6) is 0 Å². The molecule has 18 heterocycles. The molecule has 6 amide bonds. The lowest BCUT2D eigenvalue weighted by Gasteiger charge is -2.41. The van der Waals surface area contributed by atoms with E-state index in [-0.39, 0.29) is 174 Å². The van der Waals surface area contributed by atoms with Gasteiger partial charge < -0.3 is 118 Å². The molecule has 0 radical (unpaired) electrons. The highest BCUT2D eigenvalue weighted by atomic mass is 16.2. The van der Waals surface area contributed by atoms with E-state index in [9.17, 15) is 31.5 Å². The Hall–Kier alpha value is -15.7. The van der Waals surface area contributed by atoms with Gasteiger partial charge in [0.15, 0.2) is 0 Å². The zero-order chi connectivity index (χ0) is 171. The van der Waals surface area contributed by atoms with E-state index in [0.717, 1.165) is 27.8 Å². The van der Waals surface area contributed by atoms with Gasteiger partial charge in [0, 0.05) is 224 Å². The highest BCUT2D eigenvalue weighted by molar-refractivity contribution is 5.94. The molecule has 756 valence electrons. The van der Waals surface area contributed by atoms with Crippen LogP contribution in [0.4, 0.5) is 34.9 Å². The van der Waals surface area contributed by atoms with Crippen molar-refractivity contribution >= 4 is 137 Å². The molecule has 0 aliphatic carbocycles. The summed E-state index contributed by atoms with van der Waals surface area (Å²) in [5.74, 6) is -30.8. The number of carbonyl (C=O) groups excluding carboxylic acids is 6. The van der Waals surface area contributed by atoms with Crippen molar-refractivity contribution in [3.05, 3.63) is 177 Å². The van der Waals surface area contributed by atoms with Crippen LogP contribution in [-0.4, -0.2) is 350 Å². The Bertz CT molecular complexity index is 10800. The number of piperidine rings is 6. The topological polar surface area (TPSA) is 417 Å². The molecule has 6 aliphatic rings. The first kappa shape index (κ1) is 44.0. The summed E-state index contributed by atoms with van der Waals surface area (Å²) < 4.78 is 643. The second kappa shape index (κ2) is 47.7. The predicted molar refractivity (Wildman–Crippen MR) is 556 cm³/mol. The monoisotopic (exact) mass is 2030 g/mol. The van der Waals surface area contributed by atoms with Crippen molar-refractivity contribution in [3.63, 3.8) is 0 Å². The fourth-order valence-electron chi connectivity index (χ4n) is 13.2. The maximum Gasteiger partial charge on any atom is 0.302 e. The van der Waals surface area contributed by atoms with Gasteiger partial charge in [-0.15, -0.1) is 0 Å². The summed E-state index contributed by atoms with van der Waals surface area (Å²) in [5, 5.41) is -1.69. The van der Waals surface area contributed by atoms with Crippen molar-refractivity contribution in [1.82, 2.24) is 119 Å². The molecule has 42 heteroatoms. The van der Waals surface area contributed by atoms with Crippen LogP contribution in [-0.2, 0) is 28.8 Å². The Labute approximate surface area is 948 Å². The largest absolute Gasteiger partial charge is 0.354 e. The Morgan fingerprint density at radius 2 is 0.556 bits per heavy atom. The molecule has 144 heavy (non-hydrogen) atoms. The van der Waals surface area contributed by atoms with Crippen LogP contribution < -0.4 is 29.4 Å².